The van der Waals surface area contributed by atoms with Gasteiger partial charge < -0.3 is 10.6 Å². The Morgan fingerprint density at radius 1 is 1.17 bits per heavy atom. The molecule has 1 aliphatic rings. The maximum absolute atomic E-state index is 12.5. The van der Waals surface area contributed by atoms with Crippen LogP contribution in [0.3, 0.4) is 0 Å². The van der Waals surface area contributed by atoms with E-state index in [2.05, 4.69) is 0 Å². The molecule has 1 saturated heterocycles. The summed E-state index contributed by atoms with van der Waals surface area (Å²) in [5.41, 5.74) is 6.20. The summed E-state index contributed by atoms with van der Waals surface area (Å²) in [6, 6.07) is 6.25. The fraction of sp³-hybridized carbons (Fsp3) is 0.588. The molecule has 0 aromatic heterocycles. The summed E-state index contributed by atoms with van der Waals surface area (Å²) in [7, 11) is -3.48. The Balaban J connectivity index is 2.11. The lowest BCUT2D eigenvalue weighted by Gasteiger charge is -2.31. The molecular formula is C17H27N3O3S. The van der Waals surface area contributed by atoms with Crippen LogP contribution in [0.2, 0.25) is 0 Å². The molecular weight excluding hydrogens is 326 g/mol. The summed E-state index contributed by atoms with van der Waals surface area (Å²) in [5, 5.41) is 0. The number of likely N-dealkylation sites (tertiary alicyclic amines) is 1. The van der Waals surface area contributed by atoms with Gasteiger partial charge in [0.2, 0.25) is 10.0 Å². The maximum atomic E-state index is 12.5. The van der Waals surface area contributed by atoms with Gasteiger partial charge >= 0.3 is 0 Å². The van der Waals surface area contributed by atoms with E-state index in [1.54, 1.807) is 12.1 Å². The van der Waals surface area contributed by atoms with Gasteiger partial charge in [-0.15, -0.1) is 0 Å². The first-order valence-electron chi connectivity index (χ1n) is 8.53. The highest BCUT2D eigenvalue weighted by Crippen LogP contribution is 2.20. The van der Waals surface area contributed by atoms with Crippen LogP contribution in [0, 0.1) is 5.92 Å². The Bertz CT molecular complexity index is 646. The van der Waals surface area contributed by atoms with Crippen molar-refractivity contribution in [3.8, 4) is 0 Å². The molecule has 134 valence electrons. The Labute approximate surface area is 144 Å². The van der Waals surface area contributed by atoms with Gasteiger partial charge in [0.15, 0.2) is 0 Å². The van der Waals surface area contributed by atoms with Crippen molar-refractivity contribution in [1.29, 1.82) is 0 Å². The standard InChI is InChI=1S/C17H27N3O3S/c1-3-20(4-2)24(22,23)16-7-5-15(6-8-16)17(21)19-11-9-14(13-18)10-12-19/h5-8,14H,3-4,9-13,18H2,1-2H3. The zero-order valence-electron chi connectivity index (χ0n) is 14.4. The van der Waals surface area contributed by atoms with E-state index in [0.717, 1.165) is 12.8 Å². The van der Waals surface area contributed by atoms with Crippen LogP contribution >= 0.6 is 0 Å². The van der Waals surface area contributed by atoms with Crippen molar-refractivity contribution in [2.24, 2.45) is 11.7 Å². The molecule has 0 unspecified atom stereocenters. The van der Waals surface area contributed by atoms with Crippen LogP contribution in [0.4, 0.5) is 0 Å². The highest BCUT2D eigenvalue weighted by molar-refractivity contribution is 7.89. The third kappa shape index (κ3) is 3.96. The number of sulfonamides is 1. The number of nitrogens with zero attached hydrogens (tertiary/aromatic N) is 2. The highest BCUT2D eigenvalue weighted by atomic mass is 32.2. The summed E-state index contributed by atoms with van der Waals surface area (Å²) in [4.78, 5) is 14.6. The molecule has 1 fully saturated rings. The van der Waals surface area contributed by atoms with Crippen molar-refractivity contribution in [2.45, 2.75) is 31.6 Å². The number of carbonyl (C=O) groups is 1. The second-order valence-electron chi connectivity index (χ2n) is 6.08. The normalized spacial score (nSPS) is 16.6. The average molecular weight is 353 g/mol. The third-order valence-corrected chi connectivity index (χ3v) is 6.74. The van der Waals surface area contributed by atoms with E-state index in [1.165, 1.54) is 16.4 Å². The van der Waals surface area contributed by atoms with E-state index < -0.39 is 10.0 Å². The van der Waals surface area contributed by atoms with Crippen molar-refractivity contribution in [1.82, 2.24) is 9.21 Å². The molecule has 7 heteroatoms. The molecule has 2 rings (SSSR count). The van der Waals surface area contributed by atoms with Crippen LogP contribution < -0.4 is 5.73 Å². The highest BCUT2D eigenvalue weighted by Gasteiger charge is 2.24. The van der Waals surface area contributed by atoms with Gasteiger partial charge in [0.05, 0.1) is 4.90 Å². The maximum Gasteiger partial charge on any atom is 0.253 e. The van der Waals surface area contributed by atoms with Crippen molar-refractivity contribution >= 4 is 15.9 Å². The lowest BCUT2D eigenvalue weighted by atomic mass is 9.96. The number of hydrogen-bond acceptors (Lipinski definition) is 4. The van der Waals surface area contributed by atoms with Crippen molar-refractivity contribution in [2.75, 3.05) is 32.7 Å². The lowest BCUT2D eigenvalue weighted by molar-refractivity contribution is 0.0693. The third-order valence-electron chi connectivity index (χ3n) is 4.68. The summed E-state index contributed by atoms with van der Waals surface area (Å²) in [6.07, 6.45) is 1.85. The fourth-order valence-corrected chi connectivity index (χ4v) is 4.49. The average Bonchev–Trinajstić information content (AvgIpc) is 2.62. The molecule has 1 heterocycles. The smallest absolute Gasteiger partial charge is 0.253 e. The lowest BCUT2D eigenvalue weighted by Crippen LogP contribution is -2.40. The number of hydrogen-bond donors (Lipinski definition) is 1. The van der Waals surface area contributed by atoms with Crippen molar-refractivity contribution in [3.63, 3.8) is 0 Å². The second-order valence-corrected chi connectivity index (χ2v) is 8.02. The van der Waals surface area contributed by atoms with Crippen LogP contribution in [-0.2, 0) is 10.0 Å². The molecule has 0 radical (unpaired) electrons. The molecule has 0 bridgehead atoms. The zero-order chi connectivity index (χ0) is 17.7. The second kappa shape index (κ2) is 8.09. The molecule has 0 atom stereocenters. The van der Waals surface area contributed by atoms with E-state index in [9.17, 15) is 13.2 Å². The predicted molar refractivity (Wildman–Crippen MR) is 94.2 cm³/mol. The molecule has 0 saturated carbocycles. The van der Waals surface area contributed by atoms with E-state index >= 15 is 0 Å². The first kappa shape index (κ1) is 18.9. The van der Waals surface area contributed by atoms with Crippen LogP contribution in [0.1, 0.15) is 37.0 Å². The molecule has 6 nitrogen and oxygen atoms in total. The summed E-state index contributed by atoms with van der Waals surface area (Å²) in [5.74, 6) is 0.452. The van der Waals surface area contributed by atoms with E-state index in [0.29, 0.717) is 44.2 Å². The molecule has 1 amide bonds. The minimum atomic E-state index is -3.48. The number of benzene rings is 1. The number of nitrogens with two attached hydrogens (primary N) is 1. The van der Waals surface area contributed by atoms with Crippen LogP contribution in [0.5, 0.6) is 0 Å². The van der Waals surface area contributed by atoms with Crippen LogP contribution in [0.15, 0.2) is 29.2 Å². The predicted octanol–water partition coefficient (Wildman–Crippen LogP) is 1.53. The largest absolute Gasteiger partial charge is 0.339 e. The van der Waals surface area contributed by atoms with Gasteiger partial charge in [-0.3, -0.25) is 4.79 Å². The van der Waals surface area contributed by atoms with E-state index in [-0.39, 0.29) is 10.8 Å². The molecule has 1 aromatic carbocycles. The minimum absolute atomic E-state index is 0.0442. The van der Waals surface area contributed by atoms with Gasteiger partial charge in [-0.25, -0.2) is 8.42 Å². The zero-order valence-corrected chi connectivity index (χ0v) is 15.3. The minimum Gasteiger partial charge on any atom is -0.339 e. The van der Waals surface area contributed by atoms with Gasteiger partial charge in [0.1, 0.15) is 0 Å². The molecule has 2 N–H and O–H groups in total. The SMILES string of the molecule is CCN(CC)S(=O)(=O)c1ccc(C(=O)N2CCC(CN)CC2)cc1. The van der Waals surface area contributed by atoms with Gasteiger partial charge in [0, 0.05) is 31.7 Å². The summed E-state index contributed by atoms with van der Waals surface area (Å²) < 4.78 is 26.3. The molecule has 1 aromatic rings. The van der Waals surface area contributed by atoms with E-state index in [1.807, 2.05) is 18.7 Å². The quantitative estimate of drug-likeness (QED) is 0.840. The number of rotatable bonds is 6. The van der Waals surface area contributed by atoms with Gasteiger partial charge in [0.25, 0.3) is 5.91 Å². The van der Waals surface area contributed by atoms with Gasteiger partial charge in [-0.2, -0.15) is 4.31 Å². The fourth-order valence-electron chi connectivity index (χ4n) is 3.04. The Morgan fingerprint density at radius 3 is 2.17 bits per heavy atom. The van der Waals surface area contributed by atoms with Gasteiger partial charge in [-0.05, 0) is 49.6 Å². The monoisotopic (exact) mass is 353 g/mol. The number of carbonyl (C=O) groups excluding carboxylic acids is 1. The van der Waals surface area contributed by atoms with Crippen molar-refractivity contribution in [3.05, 3.63) is 29.8 Å². The molecule has 0 spiro atoms. The summed E-state index contributed by atoms with van der Waals surface area (Å²) in [6.45, 7) is 6.55. The summed E-state index contributed by atoms with van der Waals surface area (Å²) >= 11 is 0. The topological polar surface area (TPSA) is 83.7 Å². The van der Waals surface area contributed by atoms with Crippen molar-refractivity contribution < 1.29 is 13.2 Å². The molecule has 1 aliphatic heterocycles. The van der Waals surface area contributed by atoms with Crippen LogP contribution in [-0.4, -0.2) is 56.3 Å². The van der Waals surface area contributed by atoms with Gasteiger partial charge in [-0.1, -0.05) is 13.8 Å². The Morgan fingerprint density at radius 2 is 1.71 bits per heavy atom. The Hall–Kier alpha value is -1.44. The molecule has 24 heavy (non-hydrogen) atoms. The molecule has 0 aliphatic carbocycles. The number of amides is 1. The first-order valence-corrected chi connectivity index (χ1v) is 9.97. The number of piperidine rings is 1. The Kier molecular flexibility index (Phi) is 6.37. The first-order chi connectivity index (χ1) is 11.4. The van der Waals surface area contributed by atoms with Crippen LogP contribution in [0.25, 0.3) is 0 Å². The van der Waals surface area contributed by atoms with E-state index in [4.69, 9.17) is 5.73 Å².